The van der Waals surface area contributed by atoms with E-state index in [1.807, 2.05) is 0 Å². The lowest BCUT2D eigenvalue weighted by Crippen LogP contribution is -2.37. The van der Waals surface area contributed by atoms with Crippen LogP contribution in [0.1, 0.15) is 22.3 Å². The highest BCUT2D eigenvalue weighted by Gasteiger charge is 2.27. The summed E-state index contributed by atoms with van der Waals surface area (Å²) in [6.45, 7) is 8.16. The summed E-state index contributed by atoms with van der Waals surface area (Å²) in [6, 6.07) is 62.3. The first kappa shape index (κ1) is 32.1. The van der Waals surface area contributed by atoms with Gasteiger partial charge in [0.2, 0.25) is 0 Å². The molecule has 0 aliphatic rings. The van der Waals surface area contributed by atoms with Gasteiger partial charge >= 0.3 is 0 Å². The van der Waals surface area contributed by atoms with Gasteiger partial charge in [-0.1, -0.05) is 170 Å². The molecule has 4 heteroatoms. The van der Waals surface area contributed by atoms with E-state index in [0.717, 1.165) is 26.2 Å². The van der Waals surface area contributed by atoms with Crippen molar-refractivity contribution in [1.29, 1.82) is 0 Å². The number of rotatable bonds is 13. The molecular weight excluding hydrogens is 594 g/mol. The van der Waals surface area contributed by atoms with Crippen LogP contribution < -0.4 is 21.2 Å². The minimum Gasteiger partial charge on any atom is -0.269 e. The van der Waals surface area contributed by atoms with Gasteiger partial charge in [0.05, 0.1) is 0 Å². The Labute approximate surface area is 278 Å². The van der Waals surface area contributed by atoms with Crippen molar-refractivity contribution in [3.63, 3.8) is 0 Å². The summed E-state index contributed by atoms with van der Waals surface area (Å²) in [6.07, 6.45) is 0. The molecule has 0 amide bonds. The highest BCUT2D eigenvalue weighted by Crippen LogP contribution is 2.43. The summed E-state index contributed by atoms with van der Waals surface area (Å²) >= 11 is 0. The lowest BCUT2D eigenvalue weighted by molar-refractivity contribution is 0.371. The zero-order valence-corrected chi connectivity index (χ0v) is 28.6. The molecule has 0 heterocycles. The van der Waals surface area contributed by atoms with Gasteiger partial charge in [0.25, 0.3) is 0 Å². The van der Waals surface area contributed by atoms with E-state index >= 15 is 0 Å². The lowest BCUT2D eigenvalue weighted by atomic mass is 10.1. The Balaban J connectivity index is 1.43. The first-order valence-electron chi connectivity index (χ1n) is 16.1. The van der Waals surface area contributed by atoms with E-state index in [0.29, 0.717) is 0 Å². The maximum Gasteiger partial charge on any atom is 0.0284 e. The van der Waals surface area contributed by atoms with Crippen molar-refractivity contribution in [1.82, 2.24) is 9.34 Å². The van der Waals surface area contributed by atoms with Crippen LogP contribution in [0.2, 0.25) is 0 Å². The van der Waals surface area contributed by atoms with Gasteiger partial charge in [0, 0.05) is 42.3 Å². The van der Waals surface area contributed by atoms with Gasteiger partial charge < -0.3 is 0 Å². The molecule has 2 nitrogen and oxygen atoms in total. The smallest absolute Gasteiger partial charge is 0.0284 e. The Bertz CT molecular complexity index is 1570. The number of hydrogen-bond acceptors (Lipinski definition) is 2. The SMILES string of the molecule is Cc1ccccc1CN(CCN(Cc1ccccc1C)P(c1ccccc1)c1ccccc1)P(c1ccccc1)c1ccccc1. The Morgan fingerprint density at radius 2 is 0.609 bits per heavy atom. The monoisotopic (exact) mass is 636 g/mol. The second-order valence-corrected chi connectivity index (χ2v) is 16.0. The van der Waals surface area contributed by atoms with Gasteiger partial charge in [-0.3, -0.25) is 9.34 Å². The minimum atomic E-state index is -0.760. The Morgan fingerprint density at radius 1 is 0.348 bits per heavy atom. The second-order valence-electron chi connectivity index (χ2n) is 11.6. The van der Waals surface area contributed by atoms with Crippen LogP contribution in [0.15, 0.2) is 170 Å². The zero-order chi connectivity index (χ0) is 31.6. The highest BCUT2D eigenvalue weighted by molar-refractivity contribution is 7.71. The fourth-order valence-electron chi connectivity index (χ4n) is 5.93. The quantitative estimate of drug-likeness (QED) is 0.117. The van der Waals surface area contributed by atoms with Crippen molar-refractivity contribution in [2.24, 2.45) is 0 Å². The van der Waals surface area contributed by atoms with Gasteiger partial charge in [-0.25, -0.2) is 0 Å². The molecule has 6 aromatic carbocycles. The van der Waals surface area contributed by atoms with E-state index in [1.165, 1.54) is 43.5 Å². The average Bonchev–Trinajstić information content (AvgIpc) is 3.11. The van der Waals surface area contributed by atoms with Crippen molar-refractivity contribution in [2.75, 3.05) is 13.1 Å². The molecule has 46 heavy (non-hydrogen) atoms. The molecule has 0 saturated carbocycles. The molecule has 0 unspecified atom stereocenters. The normalized spacial score (nSPS) is 11.5. The lowest BCUT2D eigenvalue weighted by Gasteiger charge is -2.37. The van der Waals surface area contributed by atoms with Crippen molar-refractivity contribution < 1.29 is 0 Å². The third-order valence-corrected chi connectivity index (χ3v) is 13.4. The molecule has 230 valence electrons. The highest BCUT2D eigenvalue weighted by atomic mass is 31.1. The van der Waals surface area contributed by atoms with E-state index in [9.17, 15) is 0 Å². The van der Waals surface area contributed by atoms with Crippen LogP contribution in [0.4, 0.5) is 0 Å². The number of benzene rings is 6. The summed E-state index contributed by atoms with van der Waals surface area (Å²) in [5, 5.41) is 5.54. The number of hydrogen-bond donors (Lipinski definition) is 0. The predicted molar refractivity (Wildman–Crippen MR) is 201 cm³/mol. The van der Waals surface area contributed by atoms with E-state index in [1.54, 1.807) is 0 Å². The first-order chi connectivity index (χ1) is 22.7. The van der Waals surface area contributed by atoms with E-state index in [2.05, 4.69) is 193 Å². The van der Waals surface area contributed by atoms with Crippen molar-refractivity contribution in [2.45, 2.75) is 26.9 Å². The topological polar surface area (TPSA) is 6.48 Å². The molecule has 0 aromatic heterocycles. The maximum atomic E-state index is 2.76. The van der Waals surface area contributed by atoms with Crippen LogP contribution in [-0.4, -0.2) is 22.4 Å². The molecule has 0 N–H and O–H groups in total. The molecule has 6 aromatic rings. The van der Waals surface area contributed by atoms with Gasteiger partial charge in [0.1, 0.15) is 0 Å². The summed E-state index contributed by atoms with van der Waals surface area (Å²) < 4.78 is 5.52. The molecule has 0 fully saturated rings. The predicted octanol–water partition coefficient (Wildman–Crippen LogP) is 8.70. The van der Waals surface area contributed by atoms with Crippen LogP contribution in [-0.2, 0) is 13.1 Å². The fraction of sp³-hybridized carbons (Fsp3) is 0.143. The Kier molecular flexibility index (Phi) is 11.2. The van der Waals surface area contributed by atoms with Crippen molar-refractivity contribution in [3.8, 4) is 0 Å². The number of nitrogens with zero attached hydrogens (tertiary/aromatic N) is 2. The largest absolute Gasteiger partial charge is 0.269 e. The van der Waals surface area contributed by atoms with Crippen LogP contribution in [0.3, 0.4) is 0 Å². The molecule has 0 atom stereocenters. The molecule has 0 spiro atoms. The van der Waals surface area contributed by atoms with E-state index in [4.69, 9.17) is 0 Å². The molecular formula is C42H42N2P2. The first-order valence-corrected chi connectivity index (χ1v) is 18.7. The summed E-state index contributed by atoms with van der Waals surface area (Å²) in [4.78, 5) is 0. The van der Waals surface area contributed by atoms with Crippen LogP contribution in [0, 0.1) is 13.8 Å². The van der Waals surface area contributed by atoms with Crippen LogP contribution in [0.25, 0.3) is 0 Å². The van der Waals surface area contributed by atoms with E-state index < -0.39 is 16.1 Å². The third kappa shape index (κ3) is 8.08. The third-order valence-electron chi connectivity index (χ3n) is 8.41. The molecule has 0 radical (unpaired) electrons. The van der Waals surface area contributed by atoms with Gasteiger partial charge in [-0.15, -0.1) is 0 Å². The Hall–Kier alpha value is -3.90. The second kappa shape index (κ2) is 16.1. The maximum absolute atomic E-state index is 2.76. The fourth-order valence-corrected chi connectivity index (χ4v) is 10.8. The molecule has 6 rings (SSSR count). The molecule has 0 bridgehead atoms. The standard InChI is InChI=1S/C42H42N2P2/c1-35-19-15-17-21-37(35)33-43(45(39-23-7-3-8-24-39)40-25-9-4-10-26-40)31-32-44(34-38-22-18-16-20-36(38)2)46(41-27-11-5-12-28-41)42-29-13-6-14-30-42/h3-30H,31-34H2,1-2H3. The van der Waals surface area contributed by atoms with Crippen molar-refractivity contribution in [3.05, 3.63) is 192 Å². The minimum absolute atomic E-state index is 0.760. The average molecular weight is 637 g/mol. The van der Waals surface area contributed by atoms with Crippen LogP contribution in [0.5, 0.6) is 0 Å². The molecule has 0 saturated heterocycles. The molecule has 0 aliphatic heterocycles. The van der Waals surface area contributed by atoms with Gasteiger partial charge in [-0.2, -0.15) is 0 Å². The van der Waals surface area contributed by atoms with E-state index in [-0.39, 0.29) is 0 Å². The van der Waals surface area contributed by atoms with Gasteiger partial charge in [0.15, 0.2) is 0 Å². The van der Waals surface area contributed by atoms with Gasteiger partial charge in [-0.05, 0) is 57.3 Å². The zero-order valence-electron chi connectivity index (χ0n) is 26.8. The van der Waals surface area contributed by atoms with Crippen molar-refractivity contribution >= 4 is 37.4 Å². The number of aryl methyl sites for hydroxylation is 2. The van der Waals surface area contributed by atoms with Crippen LogP contribution >= 0.6 is 16.1 Å². The Morgan fingerprint density at radius 3 is 0.891 bits per heavy atom. The summed E-state index contributed by atoms with van der Waals surface area (Å²) in [5.74, 6) is 0. The summed E-state index contributed by atoms with van der Waals surface area (Å²) in [7, 11) is -1.52. The molecule has 0 aliphatic carbocycles. The summed E-state index contributed by atoms with van der Waals surface area (Å²) in [5.41, 5.74) is 5.47.